The lowest BCUT2D eigenvalue weighted by molar-refractivity contribution is -0.160. The number of rotatable bonds is 3. The fourth-order valence-corrected chi connectivity index (χ4v) is 2.23. The van der Waals surface area contributed by atoms with Crippen LogP contribution in [0.3, 0.4) is 0 Å². The van der Waals surface area contributed by atoms with Crippen LogP contribution in [-0.2, 0) is 19.0 Å². The van der Waals surface area contributed by atoms with Gasteiger partial charge in [-0.3, -0.25) is 4.90 Å². The zero-order valence-corrected chi connectivity index (χ0v) is 9.68. The van der Waals surface area contributed by atoms with Crippen LogP contribution in [0.25, 0.3) is 0 Å². The molecule has 0 saturated carbocycles. The smallest absolute Gasteiger partial charge is 0.336 e. The predicted molar refractivity (Wildman–Crippen MR) is 57.1 cm³/mol. The minimum absolute atomic E-state index is 0.271. The summed E-state index contributed by atoms with van der Waals surface area (Å²) >= 11 is 0. The van der Waals surface area contributed by atoms with Gasteiger partial charge in [0.25, 0.3) is 0 Å². The highest BCUT2D eigenvalue weighted by molar-refractivity contribution is 5.74. The molecule has 2 aliphatic rings. The summed E-state index contributed by atoms with van der Waals surface area (Å²) in [5.41, 5.74) is 0. The molecule has 0 bridgehead atoms. The van der Waals surface area contributed by atoms with E-state index in [1.54, 1.807) is 0 Å². The van der Waals surface area contributed by atoms with E-state index in [1.807, 2.05) is 0 Å². The highest BCUT2D eigenvalue weighted by Gasteiger charge is 2.29. The first-order valence-electron chi connectivity index (χ1n) is 5.79. The summed E-state index contributed by atoms with van der Waals surface area (Å²) in [4.78, 5) is 13.6. The fraction of sp³-hybridized carbons (Fsp3) is 0.909. The molecule has 0 aromatic carbocycles. The van der Waals surface area contributed by atoms with Crippen molar-refractivity contribution in [3.05, 3.63) is 0 Å². The average molecular weight is 229 g/mol. The SMILES string of the molecule is COC(=O)C1CN(CC2CCOC2)CCO1. The van der Waals surface area contributed by atoms with E-state index in [2.05, 4.69) is 4.90 Å². The molecule has 2 unspecified atom stereocenters. The number of nitrogens with zero attached hydrogens (tertiary/aromatic N) is 1. The standard InChI is InChI=1S/C11H19NO4/c1-14-11(13)10-7-12(3-5-16-10)6-9-2-4-15-8-9/h9-10H,2-8H2,1H3. The molecule has 5 nitrogen and oxygen atoms in total. The van der Waals surface area contributed by atoms with Gasteiger partial charge in [-0.25, -0.2) is 4.79 Å². The Morgan fingerprint density at radius 2 is 2.38 bits per heavy atom. The van der Waals surface area contributed by atoms with E-state index in [9.17, 15) is 4.79 Å². The van der Waals surface area contributed by atoms with Crippen LogP contribution >= 0.6 is 0 Å². The maximum absolute atomic E-state index is 11.4. The summed E-state index contributed by atoms with van der Waals surface area (Å²) in [7, 11) is 1.40. The number of hydrogen-bond acceptors (Lipinski definition) is 5. The van der Waals surface area contributed by atoms with Crippen molar-refractivity contribution >= 4 is 5.97 Å². The molecule has 2 fully saturated rings. The zero-order chi connectivity index (χ0) is 11.4. The molecular weight excluding hydrogens is 210 g/mol. The van der Waals surface area contributed by atoms with Crippen molar-refractivity contribution in [3.8, 4) is 0 Å². The summed E-state index contributed by atoms with van der Waals surface area (Å²) in [5, 5.41) is 0. The van der Waals surface area contributed by atoms with Crippen LogP contribution in [0.5, 0.6) is 0 Å². The van der Waals surface area contributed by atoms with E-state index >= 15 is 0 Å². The topological polar surface area (TPSA) is 48.0 Å². The second kappa shape index (κ2) is 5.61. The average Bonchev–Trinajstić information content (AvgIpc) is 2.81. The molecule has 0 radical (unpaired) electrons. The van der Waals surface area contributed by atoms with Crippen LogP contribution in [0, 0.1) is 5.92 Å². The van der Waals surface area contributed by atoms with Crippen molar-refractivity contribution in [2.24, 2.45) is 5.92 Å². The third-order valence-corrected chi connectivity index (χ3v) is 3.16. The van der Waals surface area contributed by atoms with E-state index in [-0.39, 0.29) is 5.97 Å². The van der Waals surface area contributed by atoms with Crippen molar-refractivity contribution in [2.75, 3.05) is 46.6 Å². The summed E-state index contributed by atoms with van der Waals surface area (Å²) in [6, 6.07) is 0. The number of esters is 1. The molecule has 0 aromatic heterocycles. The quantitative estimate of drug-likeness (QED) is 0.632. The molecule has 0 aromatic rings. The van der Waals surface area contributed by atoms with Gasteiger partial charge in [0.2, 0.25) is 0 Å². The number of morpholine rings is 1. The summed E-state index contributed by atoms with van der Waals surface area (Å²) in [6.07, 6.45) is 0.710. The first-order valence-corrected chi connectivity index (χ1v) is 5.79. The highest BCUT2D eigenvalue weighted by Crippen LogP contribution is 2.16. The van der Waals surface area contributed by atoms with Gasteiger partial charge >= 0.3 is 5.97 Å². The van der Waals surface area contributed by atoms with E-state index in [1.165, 1.54) is 7.11 Å². The Balaban J connectivity index is 1.79. The Labute approximate surface area is 95.6 Å². The molecule has 2 rings (SSSR count). The molecule has 2 heterocycles. The molecule has 0 N–H and O–H groups in total. The second-order valence-electron chi connectivity index (χ2n) is 4.37. The Bertz CT molecular complexity index is 240. The van der Waals surface area contributed by atoms with Crippen LogP contribution in [0.2, 0.25) is 0 Å². The van der Waals surface area contributed by atoms with Gasteiger partial charge in [-0.15, -0.1) is 0 Å². The molecular formula is C11H19NO4. The third-order valence-electron chi connectivity index (χ3n) is 3.16. The van der Waals surface area contributed by atoms with E-state index in [0.29, 0.717) is 19.1 Å². The van der Waals surface area contributed by atoms with E-state index in [0.717, 1.165) is 32.7 Å². The number of ether oxygens (including phenoxy) is 3. The number of methoxy groups -OCH3 is 1. The lowest BCUT2D eigenvalue weighted by atomic mass is 10.1. The van der Waals surface area contributed by atoms with Gasteiger partial charge in [-0.2, -0.15) is 0 Å². The monoisotopic (exact) mass is 229 g/mol. The molecule has 5 heteroatoms. The van der Waals surface area contributed by atoms with Crippen molar-refractivity contribution in [1.29, 1.82) is 0 Å². The molecule has 0 amide bonds. The summed E-state index contributed by atoms with van der Waals surface area (Å²) in [6.45, 7) is 4.85. The number of hydrogen-bond donors (Lipinski definition) is 0. The molecule has 0 spiro atoms. The van der Waals surface area contributed by atoms with Crippen LogP contribution in [0.1, 0.15) is 6.42 Å². The number of carbonyl (C=O) groups is 1. The molecule has 92 valence electrons. The van der Waals surface area contributed by atoms with Crippen LogP contribution in [0.15, 0.2) is 0 Å². The van der Waals surface area contributed by atoms with Gasteiger partial charge in [-0.05, 0) is 12.3 Å². The van der Waals surface area contributed by atoms with Crippen molar-refractivity contribution in [2.45, 2.75) is 12.5 Å². The maximum atomic E-state index is 11.4. The van der Waals surface area contributed by atoms with Crippen LogP contribution < -0.4 is 0 Å². The predicted octanol–water partition coefficient (Wildman–Crippen LogP) is -0.103. The minimum atomic E-state index is -0.416. The first-order chi connectivity index (χ1) is 7.79. The van der Waals surface area contributed by atoms with Gasteiger partial charge in [0.15, 0.2) is 6.10 Å². The summed E-state index contributed by atoms with van der Waals surface area (Å²) in [5.74, 6) is 0.337. The minimum Gasteiger partial charge on any atom is -0.467 e. The second-order valence-corrected chi connectivity index (χ2v) is 4.37. The van der Waals surface area contributed by atoms with Gasteiger partial charge in [-0.1, -0.05) is 0 Å². The Kier molecular flexibility index (Phi) is 4.15. The highest BCUT2D eigenvalue weighted by atomic mass is 16.6. The maximum Gasteiger partial charge on any atom is 0.336 e. The molecule has 2 saturated heterocycles. The van der Waals surface area contributed by atoms with Crippen LogP contribution in [0.4, 0.5) is 0 Å². The Hall–Kier alpha value is -0.650. The van der Waals surface area contributed by atoms with Gasteiger partial charge in [0.05, 0.1) is 20.3 Å². The summed E-state index contributed by atoms with van der Waals surface area (Å²) < 4.78 is 15.4. The lowest BCUT2D eigenvalue weighted by Crippen LogP contribution is -2.48. The number of carbonyl (C=O) groups excluding carboxylic acids is 1. The van der Waals surface area contributed by atoms with Crippen molar-refractivity contribution < 1.29 is 19.0 Å². The molecule has 16 heavy (non-hydrogen) atoms. The molecule has 2 aliphatic heterocycles. The van der Waals surface area contributed by atoms with Gasteiger partial charge < -0.3 is 14.2 Å². The lowest BCUT2D eigenvalue weighted by Gasteiger charge is -2.32. The molecule has 2 atom stereocenters. The van der Waals surface area contributed by atoms with Crippen LogP contribution in [-0.4, -0.2) is 63.5 Å². The largest absolute Gasteiger partial charge is 0.467 e. The first kappa shape index (κ1) is 11.8. The third kappa shape index (κ3) is 2.93. The fourth-order valence-electron chi connectivity index (χ4n) is 2.23. The van der Waals surface area contributed by atoms with E-state index in [4.69, 9.17) is 14.2 Å². The van der Waals surface area contributed by atoms with Gasteiger partial charge in [0, 0.05) is 26.2 Å². The van der Waals surface area contributed by atoms with Crippen molar-refractivity contribution in [1.82, 2.24) is 4.90 Å². The Morgan fingerprint density at radius 1 is 1.50 bits per heavy atom. The normalized spacial score (nSPS) is 31.6. The Morgan fingerprint density at radius 3 is 3.06 bits per heavy atom. The zero-order valence-electron chi connectivity index (χ0n) is 9.68. The van der Waals surface area contributed by atoms with E-state index < -0.39 is 6.10 Å². The van der Waals surface area contributed by atoms with Gasteiger partial charge in [0.1, 0.15) is 0 Å². The van der Waals surface area contributed by atoms with Crippen molar-refractivity contribution in [3.63, 3.8) is 0 Å². The molecule has 0 aliphatic carbocycles.